The summed E-state index contributed by atoms with van der Waals surface area (Å²) in [5.74, 6) is -0.759. The molecule has 0 amide bonds. The highest BCUT2D eigenvalue weighted by molar-refractivity contribution is 7.93. The van der Waals surface area contributed by atoms with Crippen molar-refractivity contribution in [2.24, 2.45) is 0 Å². The Hall–Kier alpha value is -3.07. The van der Waals surface area contributed by atoms with Crippen molar-refractivity contribution in [3.8, 4) is 11.5 Å². The van der Waals surface area contributed by atoms with Gasteiger partial charge in [-0.3, -0.25) is 4.31 Å². The maximum Gasteiger partial charge on any atom is 0.330 e. The van der Waals surface area contributed by atoms with Crippen LogP contribution in [0.15, 0.2) is 41.3 Å². The lowest BCUT2D eigenvalue weighted by Gasteiger charge is -2.31. The third-order valence-corrected chi connectivity index (χ3v) is 6.58. The minimum atomic E-state index is -4.07. The first-order chi connectivity index (χ1) is 14.3. The molecule has 7 nitrogen and oxygen atoms in total. The number of fused-ring (bicyclic) bond motifs is 1. The SMILES string of the molecule is COC(=O)/C=C/c1cc(OC)c(OC)c(S(=O)(=O)N2CCCc3cc(F)ccc32)c1. The quantitative estimate of drug-likeness (QED) is 0.512. The number of esters is 1. The second kappa shape index (κ2) is 8.74. The summed E-state index contributed by atoms with van der Waals surface area (Å²) in [5.41, 5.74) is 1.46. The van der Waals surface area contributed by atoms with Crippen LogP contribution in [-0.4, -0.2) is 42.3 Å². The maximum absolute atomic E-state index is 13.6. The summed E-state index contributed by atoms with van der Waals surface area (Å²) < 4.78 is 57.3. The van der Waals surface area contributed by atoms with Crippen LogP contribution in [0.25, 0.3) is 6.08 Å². The van der Waals surface area contributed by atoms with E-state index < -0.39 is 21.8 Å². The van der Waals surface area contributed by atoms with Gasteiger partial charge in [0.1, 0.15) is 10.7 Å². The Morgan fingerprint density at radius 1 is 1.13 bits per heavy atom. The number of anilines is 1. The van der Waals surface area contributed by atoms with Crippen LogP contribution < -0.4 is 13.8 Å². The van der Waals surface area contributed by atoms with Crippen LogP contribution in [0.2, 0.25) is 0 Å². The zero-order valence-electron chi connectivity index (χ0n) is 16.8. The molecule has 1 aliphatic rings. The second-order valence-corrected chi connectivity index (χ2v) is 8.40. The van der Waals surface area contributed by atoms with E-state index in [4.69, 9.17) is 9.47 Å². The number of benzene rings is 2. The molecular formula is C21H22FNO6S. The van der Waals surface area contributed by atoms with E-state index in [2.05, 4.69) is 4.74 Å². The number of nitrogens with zero attached hydrogens (tertiary/aromatic N) is 1. The summed E-state index contributed by atoms with van der Waals surface area (Å²) in [6, 6.07) is 7.00. The number of aryl methyl sites for hydroxylation is 1. The minimum absolute atomic E-state index is 0.0435. The number of halogens is 1. The summed E-state index contributed by atoms with van der Waals surface area (Å²) in [4.78, 5) is 11.3. The monoisotopic (exact) mass is 435 g/mol. The molecule has 30 heavy (non-hydrogen) atoms. The van der Waals surface area contributed by atoms with Gasteiger partial charge in [-0.15, -0.1) is 0 Å². The van der Waals surface area contributed by atoms with Gasteiger partial charge < -0.3 is 14.2 Å². The lowest BCUT2D eigenvalue weighted by atomic mass is 10.0. The van der Waals surface area contributed by atoms with Gasteiger partial charge in [0.2, 0.25) is 0 Å². The average Bonchev–Trinajstić information content (AvgIpc) is 2.75. The Kier molecular flexibility index (Phi) is 6.31. The van der Waals surface area contributed by atoms with Crippen molar-refractivity contribution < 1.29 is 31.8 Å². The fourth-order valence-electron chi connectivity index (χ4n) is 3.37. The van der Waals surface area contributed by atoms with E-state index in [9.17, 15) is 17.6 Å². The van der Waals surface area contributed by atoms with Crippen LogP contribution >= 0.6 is 0 Å². The van der Waals surface area contributed by atoms with Gasteiger partial charge in [0.25, 0.3) is 10.0 Å². The van der Waals surface area contributed by atoms with Gasteiger partial charge in [-0.05, 0) is 60.4 Å². The summed E-state index contributed by atoms with van der Waals surface area (Å²) in [6.07, 6.45) is 3.74. The minimum Gasteiger partial charge on any atom is -0.493 e. The molecule has 160 valence electrons. The fourth-order valence-corrected chi connectivity index (χ4v) is 5.12. The van der Waals surface area contributed by atoms with Crippen molar-refractivity contribution in [1.29, 1.82) is 0 Å². The zero-order chi connectivity index (χ0) is 21.9. The molecule has 3 rings (SSSR count). The molecule has 9 heteroatoms. The molecule has 0 unspecified atom stereocenters. The average molecular weight is 435 g/mol. The molecule has 2 aromatic carbocycles. The first kappa shape index (κ1) is 21.6. The lowest BCUT2D eigenvalue weighted by Crippen LogP contribution is -2.35. The number of carbonyl (C=O) groups excluding carboxylic acids is 1. The number of hydrogen-bond acceptors (Lipinski definition) is 6. The van der Waals surface area contributed by atoms with Gasteiger partial charge in [0.15, 0.2) is 11.5 Å². The molecule has 0 spiro atoms. The van der Waals surface area contributed by atoms with Crippen LogP contribution in [-0.2, 0) is 26.0 Å². The molecule has 1 aliphatic heterocycles. The molecule has 1 heterocycles. The zero-order valence-corrected chi connectivity index (χ0v) is 17.7. The molecule has 0 aromatic heterocycles. The van der Waals surface area contributed by atoms with E-state index in [0.717, 1.165) is 0 Å². The Balaban J connectivity index is 2.16. The summed E-state index contributed by atoms with van der Waals surface area (Å²) in [6.45, 7) is 0.245. The van der Waals surface area contributed by atoms with Gasteiger partial charge in [-0.2, -0.15) is 0 Å². The van der Waals surface area contributed by atoms with Crippen LogP contribution in [0.1, 0.15) is 17.5 Å². The molecule has 2 aromatic rings. The van der Waals surface area contributed by atoms with Crippen molar-refractivity contribution in [1.82, 2.24) is 0 Å². The number of hydrogen-bond donors (Lipinski definition) is 0. The van der Waals surface area contributed by atoms with Gasteiger partial charge >= 0.3 is 5.97 Å². The standard InChI is InChI=1S/C21H22FNO6S/c1-27-18-11-14(6-9-20(24)28-2)12-19(21(18)29-3)30(25,26)23-10-4-5-15-13-16(22)7-8-17(15)23/h6-9,11-13H,4-5,10H2,1-3H3/b9-6+. The number of ether oxygens (including phenoxy) is 3. The van der Waals surface area contributed by atoms with Crippen LogP contribution in [0.4, 0.5) is 10.1 Å². The normalized spacial score (nSPS) is 13.8. The van der Waals surface area contributed by atoms with Crippen molar-refractivity contribution in [3.05, 3.63) is 53.4 Å². The summed E-state index contributed by atoms with van der Waals surface area (Å²) in [7, 11) is -0.0931. The van der Waals surface area contributed by atoms with E-state index in [1.54, 1.807) is 6.07 Å². The number of rotatable bonds is 6. The van der Waals surface area contributed by atoms with E-state index in [1.807, 2.05) is 0 Å². The largest absolute Gasteiger partial charge is 0.493 e. The number of methoxy groups -OCH3 is 3. The molecule has 0 fully saturated rings. The maximum atomic E-state index is 13.6. The molecule has 0 radical (unpaired) electrons. The highest BCUT2D eigenvalue weighted by atomic mass is 32.2. The third kappa shape index (κ3) is 4.11. The predicted octanol–water partition coefficient (Wildman–Crippen LogP) is 3.17. The van der Waals surface area contributed by atoms with E-state index in [-0.39, 0.29) is 22.9 Å². The second-order valence-electron chi connectivity index (χ2n) is 6.56. The molecule has 0 aliphatic carbocycles. The van der Waals surface area contributed by atoms with Crippen molar-refractivity contribution in [3.63, 3.8) is 0 Å². The van der Waals surface area contributed by atoms with Crippen molar-refractivity contribution in [2.75, 3.05) is 32.2 Å². The molecule has 0 saturated carbocycles. The fraction of sp³-hybridized carbons (Fsp3) is 0.286. The predicted molar refractivity (Wildman–Crippen MR) is 110 cm³/mol. The number of sulfonamides is 1. The van der Waals surface area contributed by atoms with Gasteiger partial charge in [-0.1, -0.05) is 0 Å². The lowest BCUT2D eigenvalue weighted by molar-refractivity contribution is -0.134. The first-order valence-corrected chi connectivity index (χ1v) is 10.6. The smallest absolute Gasteiger partial charge is 0.330 e. The Morgan fingerprint density at radius 2 is 1.90 bits per heavy atom. The van der Waals surface area contributed by atoms with Crippen LogP contribution in [0.3, 0.4) is 0 Å². The molecule has 0 bridgehead atoms. The van der Waals surface area contributed by atoms with E-state index in [0.29, 0.717) is 29.7 Å². The highest BCUT2D eigenvalue weighted by Gasteiger charge is 2.33. The van der Waals surface area contributed by atoms with E-state index in [1.165, 1.54) is 62.1 Å². The van der Waals surface area contributed by atoms with Crippen molar-refractivity contribution in [2.45, 2.75) is 17.7 Å². The van der Waals surface area contributed by atoms with Crippen LogP contribution in [0.5, 0.6) is 11.5 Å². The van der Waals surface area contributed by atoms with Crippen LogP contribution in [0, 0.1) is 5.82 Å². The van der Waals surface area contributed by atoms with Gasteiger partial charge in [-0.25, -0.2) is 17.6 Å². The summed E-state index contributed by atoms with van der Waals surface area (Å²) in [5, 5.41) is 0. The Bertz CT molecular complexity index is 1100. The Labute approximate surface area is 174 Å². The highest BCUT2D eigenvalue weighted by Crippen LogP contribution is 2.40. The summed E-state index contributed by atoms with van der Waals surface area (Å²) >= 11 is 0. The van der Waals surface area contributed by atoms with Gasteiger partial charge in [0, 0.05) is 12.6 Å². The van der Waals surface area contributed by atoms with E-state index >= 15 is 0 Å². The Morgan fingerprint density at radius 3 is 2.57 bits per heavy atom. The number of carbonyl (C=O) groups is 1. The third-order valence-electron chi connectivity index (χ3n) is 4.77. The molecule has 0 saturated heterocycles. The molecule has 0 atom stereocenters. The molecule has 0 N–H and O–H groups in total. The first-order valence-electron chi connectivity index (χ1n) is 9.15. The van der Waals surface area contributed by atoms with Crippen molar-refractivity contribution >= 4 is 27.8 Å². The topological polar surface area (TPSA) is 82.1 Å². The van der Waals surface area contributed by atoms with Gasteiger partial charge in [0.05, 0.1) is 27.0 Å². The molecular weight excluding hydrogens is 413 g/mol.